The van der Waals surface area contributed by atoms with Gasteiger partial charge in [-0.1, -0.05) is 25.1 Å². The van der Waals surface area contributed by atoms with Crippen LogP contribution in [0.3, 0.4) is 0 Å². The molecule has 136 valence electrons. The fraction of sp³-hybridized carbons (Fsp3) is 0.300. The van der Waals surface area contributed by atoms with Gasteiger partial charge in [-0.2, -0.15) is 0 Å². The van der Waals surface area contributed by atoms with Gasteiger partial charge in [-0.05, 0) is 30.7 Å². The summed E-state index contributed by atoms with van der Waals surface area (Å²) in [6, 6.07) is 14.8. The number of nitrogens with zero attached hydrogens (tertiary/aromatic N) is 1. The summed E-state index contributed by atoms with van der Waals surface area (Å²) in [5, 5.41) is 2.84. The Morgan fingerprint density at radius 3 is 2.81 bits per heavy atom. The Bertz CT molecular complexity index is 777. The second-order valence-electron chi connectivity index (χ2n) is 5.98. The van der Waals surface area contributed by atoms with Crippen LogP contribution in [0, 0.1) is 0 Å². The highest BCUT2D eigenvalue weighted by Crippen LogP contribution is 2.34. The molecule has 1 aliphatic heterocycles. The lowest BCUT2D eigenvalue weighted by atomic mass is 10.2. The molecule has 0 unspecified atom stereocenters. The van der Waals surface area contributed by atoms with Crippen molar-refractivity contribution in [3.8, 4) is 11.5 Å². The average Bonchev–Trinajstić information content (AvgIpc) is 2.64. The first-order valence-corrected chi connectivity index (χ1v) is 8.72. The summed E-state index contributed by atoms with van der Waals surface area (Å²) in [5.74, 6) is 1.20. The number of nitrogens with one attached hydrogen (secondary N) is 1. The molecule has 26 heavy (non-hydrogen) atoms. The maximum Gasteiger partial charge on any atom is 0.265 e. The number of benzene rings is 2. The number of para-hydroxylation sites is 1. The van der Waals surface area contributed by atoms with Gasteiger partial charge in [0.2, 0.25) is 5.91 Å². The standard InChI is InChI=1S/C20H22N2O4/c1-2-6-19(23)21-15-9-10-17-18(13-15)26-14-20(24)22(17)11-12-25-16-7-4-3-5-8-16/h3-5,7-10,13H,2,6,11-12,14H2,1H3,(H,21,23). The summed E-state index contributed by atoms with van der Waals surface area (Å²) in [7, 11) is 0. The van der Waals surface area contributed by atoms with Crippen LogP contribution in [-0.2, 0) is 9.59 Å². The van der Waals surface area contributed by atoms with E-state index in [9.17, 15) is 9.59 Å². The molecule has 0 spiro atoms. The van der Waals surface area contributed by atoms with E-state index in [1.165, 1.54) is 0 Å². The van der Waals surface area contributed by atoms with Gasteiger partial charge in [0.25, 0.3) is 5.91 Å². The maximum atomic E-state index is 12.2. The minimum absolute atomic E-state index is 0.0231. The number of hydrogen-bond donors (Lipinski definition) is 1. The molecule has 2 aromatic rings. The number of amides is 2. The number of carbonyl (C=O) groups is 2. The van der Waals surface area contributed by atoms with E-state index >= 15 is 0 Å². The Morgan fingerprint density at radius 2 is 2.04 bits per heavy atom. The Balaban J connectivity index is 1.66. The van der Waals surface area contributed by atoms with E-state index in [0.29, 0.717) is 36.7 Å². The number of anilines is 2. The second kappa shape index (κ2) is 8.38. The van der Waals surface area contributed by atoms with Crippen molar-refractivity contribution in [2.24, 2.45) is 0 Å². The first-order valence-electron chi connectivity index (χ1n) is 8.72. The van der Waals surface area contributed by atoms with E-state index in [4.69, 9.17) is 9.47 Å². The SMILES string of the molecule is CCCC(=O)Nc1ccc2c(c1)OCC(=O)N2CCOc1ccccc1. The Morgan fingerprint density at radius 1 is 1.23 bits per heavy atom. The van der Waals surface area contributed by atoms with Crippen LogP contribution in [0.1, 0.15) is 19.8 Å². The molecule has 1 N–H and O–H groups in total. The van der Waals surface area contributed by atoms with Crippen LogP contribution >= 0.6 is 0 Å². The van der Waals surface area contributed by atoms with Crippen molar-refractivity contribution >= 4 is 23.2 Å². The van der Waals surface area contributed by atoms with Crippen LogP contribution in [0.2, 0.25) is 0 Å². The molecule has 0 bridgehead atoms. The lowest BCUT2D eigenvalue weighted by Gasteiger charge is -2.29. The smallest absolute Gasteiger partial charge is 0.265 e. The fourth-order valence-electron chi connectivity index (χ4n) is 2.75. The van der Waals surface area contributed by atoms with Crippen LogP contribution in [0.4, 0.5) is 11.4 Å². The second-order valence-corrected chi connectivity index (χ2v) is 5.98. The van der Waals surface area contributed by atoms with E-state index in [1.807, 2.05) is 37.3 Å². The molecule has 0 radical (unpaired) electrons. The van der Waals surface area contributed by atoms with Gasteiger partial charge >= 0.3 is 0 Å². The van der Waals surface area contributed by atoms with E-state index in [0.717, 1.165) is 12.2 Å². The Kier molecular flexibility index (Phi) is 5.73. The molecular weight excluding hydrogens is 332 g/mol. The third-order valence-corrected chi connectivity index (χ3v) is 3.99. The van der Waals surface area contributed by atoms with Crippen LogP contribution in [-0.4, -0.2) is 31.6 Å². The molecule has 1 aliphatic rings. The zero-order chi connectivity index (χ0) is 18.4. The highest BCUT2D eigenvalue weighted by atomic mass is 16.5. The van der Waals surface area contributed by atoms with Crippen molar-refractivity contribution in [3.05, 3.63) is 48.5 Å². The normalized spacial score (nSPS) is 13.0. The number of rotatable bonds is 7. The minimum Gasteiger partial charge on any atom is -0.492 e. The molecule has 0 fully saturated rings. The van der Waals surface area contributed by atoms with Crippen molar-refractivity contribution in [1.29, 1.82) is 0 Å². The van der Waals surface area contributed by atoms with E-state index < -0.39 is 0 Å². The molecule has 0 atom stereocenters. The Hall–Kier alpha value is -3.02. The highest BCUT2D eigenvalue weighted by molar-refractivity contribution is 5.99. The van der Waals surface area contributed by atoms with E-state index in [1.54, 1.807) is 23.1 Å². The maximum absolute atomic E-state index is 12.2. The average molecular weight is 354 g/mol. The summed E-state index contributed by atoms with van der Waals surface area (Å²) in [4.78, 5) is 25.6. The van der Waals surface area contributed by atoms with Crippen LogP contribution in [0.5, 0.6) is 11.5 Å². The number of carbonyl (C=O) groups excluding carboxylic acids is 2. The molecule has 2 amide bonds. The van der Waals surface area contributed by atoms with Crippen molar-refractivity contribution in [1.82, 2.24) is 0 Å². The predicted octanol–water partition coefficient (Wildman–Crippen LogP) is 3.23. The molecule has 0 aliphatic carbocycles. The Labute approximate surface area is 152 Å². The van der Waals surface area contributed by atoms with Gasteiger partial charge in [0, 0.05) is 18.2 Å². The zero-order valence-corrected chi connectivity index (χ0v) is 14.7. The summed E-state index contributed by atoms with van der Waals surface area (Å²) in [6.45, 7) is 2.73. The number of hydrogen-bond acceptors (Lipinski definition) is 4. The van der Waals surface area contributed by atoms with Crippen molar-refractivity contribution < 1.29 is 19.1 Å². The predicted molar refractivity (Wildman–Crippen MR) is 99.8 cm³/mol. The number of fused-ring (bicyclic) bond motifs is 1. The molecule has 1 heterocycles. The quantitative estimate of drug-likeness (QED) is 0.829. The van der Waals surface area contributed by atoms with Crippen LogP contribution in [0.15, 0.2) is 48.5 Å². The first-order chi connectivity index (χ1) is 12.7. The van der Waals surface area contributed by atoms with Crippen molar-refractivity contribution in [2.45, 2.75) is 19.8 Å². The lowest BCUT2D eigenvalue weighted by Crippen LogP contribution is -2.41. The lowest BCUT2D eigenvalue weighted by molar-refractivity contribution is -0.121. The van der Waals surface area contributed by atoms with E-state index in [-0.39, 0.29) is 18.4 Å². The molecule has 0 aromatic heterocycles. The molecular formula is C20H22N2O4. The van der Waals surface area contributed by atoms with Gasteiger partial charge in [-0.15, -0.1) is 0 Å². The summed E-state index contributed by atoms with van der Waals surface area (Å²) >= 11 is 0. The van der Waals surface area contributed by atoms with Crippen molar-refractivity contribution in [3.63, 3.8) is 0 Å². The van der Waals surface area contributed by atoms with Crippen LogP contribution < -0.4 is 19.7 Å². The summed E-state index contributed by atoms with van der Waals surface area (Å²) < 4.78 is 11.2. The first kappa shape index (κ1) is 17.8. The third kappa shape index (κ3) is 4.33. The highest BCUT2D eigenvalue weighted by Gasteiger charge is 2.25. The molecule has 0 saturated carbocycles. The number of ether oxygens (including phenoxy) is 2. The zero-order valence-electron chi connectivity index (χ0n) is 14.7. The minimum atomic E-state index is -0.114. The summed E-state index contributed by atoms with van der Waals surface area (Å²) in [5.41, 5.74) is 1.35. The third-order valence-electron chi connectivity index (χ3n) is 3.99. The molecule has 6 heteroatoms. The molecule has 6 nitrogen and oxygen atoms in total. The topological polar surface area (TPSA) is 67.9 Å². The van der Waals surface area contributed by atoms with Gasteiger partial charge in [0.1, 0.15) is 18.1 Å². The monoisotopic (exact) mass is 354 g/mol. The van der Waals surface area contributed by atoms with E-state index in [2.05, 4.69) is 5.32 Å². The largest absolute Gasteiger partial charge is 0.492 e. The van der Waals surface area contributed by atoms with Gasteiger partial charge in [0.15, 0.2) is 6.61 Å². The van der Waals surface area contributed by atoms with Crippen molar-refractivity contribution in [2.75, 3.05) is 30.0 Å². The van der Waals surface area contributed by atoms with Gasteiger partial charge in [-0.3, -0.25) is 9.59 Å². The van der Waals surface area contributed by atoms with Gasteiger partial charge in [0.05, 0.1) is 12.2 Å². The van der Waals surface area contributed by atoms with Crippen LogP contribution in [0.25, 0.3) is 0 Å². The molecule has 2 aromatic carbocycles. The van der Waals surface area contributed by atoms with Gasteiger partial charge in [-0.25, -0.2) is 0 Å². The fourth-order valence-corrected chi connectivity index (χ4v) is 2.75. The molecule has 3 rings (SSSR count). The molecule has 0 saturated heterocycles. The van der Waals surface area contributed by atoms with Gasteiger partial charge < -0.3 is 19.7 Å². The summed E-state index contributed by atoms with van der Waals surface area (Å²) in [6.07, 6.45) is 1.26.